The fourth-order valence-electron chi connectivity index (χ4n) is 2.94. The van der Waals surface area contributed by atoms with Gasteiger partial charge in [-0.1, -0.05) is 13.8 Å². The van der Waals surface area contributed by atoms with Gasteiger partial charge in [-0.05, 0) is 49.0 Å². The molecule has 0 unspecified atom stereocenters. The third kappa shape index (κ3) is 5.18. The quantitative estimate of drug-likeness (QED) is 0.554. The number of nitrogens with two attached hydrogens (primary N) is 1. The Morgan fingerprint density at radius 3 is 2.47 bits per heavy atom. The Kier molecular flexibility index (Phi) is 6.35. The van der Waals surface area contributed by atoms with Crippen molar-refractivity contribution >= 4 is 45.8 Å². The predicted molar refractivity (Wildman–Crippen MR) is 124 cm³/mol. The number of benzene rings is 1. The molecule has 30 heavy (non-hydrogen) atoms. The standard InChI is InChI=1S/C20H26N8S2/c1-13(2)16-12-22-19(30-16)24-17-23-18(28-10-8-27(3)9-11-28)26-20(25-17)29-15-6-4-14(21)5-7-15/h4-7,12-13H,8-11,21H2,1-3H3,(H,22,23,24,25,26). The van der Waals surface area contributed by atoms with Crippen molar-refractivity contribution in [2.24, 2.45) is 0 Å². The number of hydrogen-bond acceptors (Lipinski definition) is 10. The fraction of sp³-hybridized carbons (Fsp3) is 0.400. The summed E-state index contributed by atoms with van der Waals surface area (Å²) in [7, 11) is 2.13. The molecule has 10 heteroatoms. The van der Waals surface area contributed by atoms with Gasteiger partial charge in [0.15, 0.2) is 10.3 Å². The van der Waals surface area contributed by atoms with Gasteiger partial charge in [0.25, 0.3) is 0 Å². The van der Waals surface area contributed by atoms with Crippen LogP contribution >= 0.6 is 23.1 Å². The molecule has 0 saturated carbocycles. The minimum Gasteiger partial charge on any atom is -0.399 e. The van der Waals surface area contributed by atoms with E-state index < -0.39 is 0 Å². The maximum absolute atomic E-state index is 5.81. The molecule has 1 aliphatic rings. The summed E-state index contributed by atoms with van der Waals surface area (Å²) in [5.41, 5.74) is 6.55. The van der Waals surface area contributed by atoms with E-state index in [-0.39, 0.29) is 0 Å². The molecule has 0 radical (unpaired) electrons. The maximum atomic E-state index is 5.81. The second-order valence-corrected chi connectivity index (χ2v) is 9.65. The van der Waals surface area contributed by atoms with Crippen LogP contribution < -0.4 is 16.0 Å². The number of rotatable bonds is 6. The van der Waals surface area contributed by atoms with E-state index >= 15 is 0 Å². The van der Waals surface area contributed by atoms with Gasteiger partial charge in [-0.2, -0.15) is 15.0 Å². The molecule has 1 aliphatic heterocycles. The summed E-state index contributed by atoms with van der Waals surface area (Å²) in [6.45, 7) is 8.07. The molecule has 3 N–H and O–H groups in total. The van der Waals surface area contributed by atoms with Crippen LogP contribution in [0.15, 0.2) is 40.5 Å². The molecule has 0 aliphatic carbocycles. The lowest BCUT2D eigenvalue weighted by atomic mass is 10.2. The van der Waals surface area contributed by atoms with Crippen molar-refractivity contribution < 1.29 is 0 Å². The Labute approximate surface area is 185 Å². The number of nitrogens with one attached hydrogen (secondary N) is 1. The Morgan fingerprint density at radius 1 is 1.07 bits per heavy atom. The van der Waals surface area contributed by atoms with E-state index in [0.717, 1.165) is 41.9 Å². The molecule has 1 saturated heterocycles. The van der Waals surface area contributed by atoms with Gasteiger partial charge in [-0.15, -0.1) is 11.3 Å². The van der Waals surface area contributed by atoms with Crippen molar-refractivity contribution in [3.63, 3.8) is 0 Å². The first-order chi connectivity index (χ1) is 14.5. The van der Waals surface area contributed by atoms with E-state index in [1.54, 1.807) is 11.3 Å². The number of likely N-dealkylation sites (N-methyl/N-ethyl adjacent to an activating group) is 1. The van der Waals surface area contributed by atoms with Crippen molar-refractivity contribution in [1.82, 2.24) is 24.8 Å². The van der Waals surface area contributed by atoms with Crippen LogP contribution in [-0.4, -0.2) is 58.1 Å². The normalized spacial score (nSPS) is 15.0. The number of thiazole rings is 1. The van der Waals surface area contributed by atoms with Crippen LogP contribution in [0.4, 0.5) is 22.7 Å². The number of hydrogen-bond donors (Lipinski definition) is 2. The first kappa shape index (κ1) is 20.8. The van der Waals surface area contributed by atoms with Crippen LogP contribution in [0.1, 0.15) is 24.6 Å². The second-order valence-electron chi connectivity index (χ2n) is 7.55. The first-order valence-electron chi connectivity index (χ1n) is 9.92. The van der Waals surface area contributed by atoms with Crippen molar-refractivity contribution in [3.8, 4) is 0 Å². The van der Waals surface area contributed by atoms with Gasteiger partial charge in [-0.25, -0.2) is 4.98 Å². The highest BCUT2D eigenvalue weighted by atomic mass is 32.2. The minimum absolute atomic E-state index is 0.439. The zero-order chi connectivity index (χ0) is 21.1. The van der Waals surface area contributed by atoms with E-state index in [2.05, 4.69) is 46.0 Å². The monoisotopic (exact) mass is 442 g/mol. The molecular weight excluding hydrogens is 416 g/mol. The summed E-state index contributed by atoms with van der Waals surface area (Å²) in [6, 6.07) is 7.71. The summed E-state index contributed by atoms with van der Waals surface area (Å²) < 4.78 is 0. The summed E-state index contributed by atoms with van der Waals surface area (Å²) >= 11 is 3.12. The molecule has 0 atom stereocenters. The van der Waals surface area contributed by atoms with E-state index in [0.29, 0.717) is 23.0 Å². The fourth-order valence-corrected chi connectivity index (χ4v) is 4.50. The smallest absolute Gasteiger partial charge is 0.234 e. The molecule has 2 aromatic heterocycles. The van der Waals surface area contributed by atoms with E-state index in [9.17, 15) is 0 Å². The lowest BCUT2D eigenvalue weighted by Gasteiger charge is -2.32. The molecule has 0 amide bonds. The van der Waals surface area contributed by atoms with Crippen LogP contribution in [0.5, 0.6) is 0 Å². The summed E-state index contributed by atoms with van der Waals surface area (Å²) in [6.07, 6.45) is 1.91. The van der Waals surface area contributed by atoms with Gasteiger partial charge in [0, 0.05) is 47.8 Å². The van der Waals surface area contributed by atoms with Gasteiger partial charge >= 0.3 is 0 Å². The number of piperazine rings is 1. The van der Waals surface area contributed by atoms with E-state index in [1.807, 2.05) is 30.5 Å². The molecule has 8 nitrogen and oxygen atoms in total. The molecule has 0 bridgehead atoms. The summed E-state index contributed by atoms with van der Waals surface area (Å²) in [5, 5.41) is 4.71. The van der Waals surface area contributed by atoms with Gasteiger partial charge in [0.1, 0.15) is 0 Å². The van der Waals surface area contributed by atoms with Crippen molar-refractivity contribution in [2.75, 3.05) is 49.2 Å². The molecule has 158 valence electrons. The van der Waals surface area contributed by atoms with Crippen molar-refractivity contribution in [1.29, 1.82) is 0 Å². The third-order valence-corrected chi connectivity index (χ3v) is 6.88. The zero-order valence-corrected chi connectivity index (χ0v) is 19.0. The Bertz CT molecular complexity index is 981. The van der Waals surface area contributed by atoms with Crippen LogP contribution in [0.2, 0.25) is 0 Å². The van der Waals surface area contributed by atoms with Crippen LogP contribution in [0.25, 0.3) is 0 Å². The predicted octanol–water partition coefficient (Wildman–Crippen LogP) is 3.68. The lowest BCUT2D eigenvalue weighted by molar-refractivity contribution is 0.311. The number of aromatic nitrogens is 4. The van der Waals surface area contributed by atoms with Crippen LogP contribution in [0, 0.1) is 0 Å². The Balaban J connectivity index is 1.61. The average molecular weight is 443 g/mol. The number of nitrogen functional groups attached to an aromatic ring is 1. The second kappa shape index (κ2) is 9.15. The zero-order valence-electron chi connectivity index (χ0n) is 17.4. The molecule has 4 rings (SSSR count). The Morgan fingerprint density at radius 2 is 1.80 bits per heavy atom. The SMILES string of the molecule is CC(C)c1cnc(Nc2nc(Sc3ccc(N)cc3)nc(N3CCN(C)CC3)n2)s1. The van der Waals surface area contributed by atoms with Gasteiger partial charge in [-0.3, -0.25) is 5.32 Å². The van der Waals surface area contributed by atoms with Gasteiger partial charge < -0.3 is 15.5 Å². The molecule has 1 aromatic carbocycles. The topological polar surface area (TPSA) is 96.1 Å². The molecule has 3 heterocycles. The highest BCUT2D eigenvalue weighted by Crippen LogP contribution is 2.30. The summed E-state index contributed by atoms with van der Waals surface area (Å²) in [4.78, 5) is 25.3. The van der Waals surface area contributed by atoms with Gasteiger partial charge in [0.2, 0.25) is 11.9 Å². The molecule has 1 fully saturated rings. The molecular formula is C20H26N8S2. The highest BCUT2D eigenvalue weighted by molar-refractivity contribution is 7.99. The Hall–Kier alpha value is -2.43. The third-order valence-electron chi connectivity index (χ3n) is 4.79. The van der Waals surface area contributed by atoms with Crippen molar-refractivity contribution in [3.05, 3.63) is 35.3 Å². The average Bonchev–Trinajstić information content (AvgIpc) is 3.19. The summed E-state index contributed by atoms with van der Waals surface area (Å²) in [5.74, 6) is 1.65. The largest absolute Gasteiger partial charge is 0.399 e. The number of nitrogens with zero attached hydrogens (tertiary/aromatic N) is 6. The highest BCUT2D eigenvalue weighted by Gasteiger charge is 2.19. The van der Waals surface area contributed by atoms with E-state index in [1.165, 1.54) is 16.6 Å². The molecule has 0 spiro atoms. The van der Waals surface area contributed by atoms with Gasteiger partial charge in [0.05, 0.1) is 0 Å². The van der Waals surface area contributed by atoms with Crippen molar-refractivity contribution in [2.45, 2.75) is 29.8 Å². The van der Waals surface area contributed by atoms with E-state index in [4.69, 9.17) is 15.7 Å². The van der Waals surface area contributed by atoms with Crippen LogP contribution in [0.3, 0.4) is 0 Å². The minimum atomic E-state index is 0.439. The lowest BCUT2D eigenvalue weighted by Crippen LogP contribution is -2.45. The first-order valence-corrected chi connectivity index (χ1v) is 11.6. The maximum Gasteiger partial charge on any atom is 0.234 e. The van der Waals surface area contributed by atoms with Crippen LogP contribution in [-0.2, 0) is 0 Å². The molecule has 3 aromatic rings. The number of anilines is 4.